The summed E-state index contributed by atoms with van der Waals surface area (Å²) < 4.78 is 0. The summed E-state index contributed by atoms with van der Waals surface area (Å²) in [6, 6.07) is 16.6. The van der Waals surface area contributed by atoms with E-state index in [0.717, 1.165) is 63.5 Å². The maximum Gasteiger partial charge on any atom is 0.242 e. The summed E-state index contributed by atoms with van der Waals surface area (Å²) >= 11 is 0. The van der Waals surface area contributed by atoms with Gasteiger partial charge in [0.15, 0.2) is 0 Å². The van der Waals surface area contributed by atoms with Crippen LogP contribution < -0.4 is 10.6 Å². The van der Waals surface area contributed by atoms with Crippen molar-refractivity contribution >= 4 is 42.1 Å². The fourth-order valence-electron chi connectivity index (χ4n) is 4.15. The zero-order valence-electron chi connectivity index (χ0n) is 16.6. The van der Waals surface area contributed by atoms with Crippen molar-refractivity contribution in [1.82, 2.24) is 9.80 Å². The summed E-state index contributed by atoms with van der Waals surface area (Å²) in [7, 11) is 0. The van der Waals surface area contributed by atoms with Gasteiger partial charge in [-0.3, -0.25) is 9.69 Å². The maximum absolute atomic E-state index is 12.9. The lowest BCUT2D eigenvalue weighted by atomic mass is 10.00. The quantitative estimate of drug-likeness (QED) is 0.747. The zero-order chi connectivity index (χ0) is 18.6. The van der Waals surface area contributed by atoms with E-state index in [2.05, 4.69) is 40.1 Å². The number of nitrogens with two attached hydrogens (primary N) is 1. The van der Waals surface area contributed by atoms with Gasteiger partial charge in [0.25, 0.3) is 0 Å². The largest absolute Gasteiger partial charge is 0.398 e. The van der Waals surface area contributed by atoms with Crippen molar-refractivity contribution in [3.05, 3.63) is 59.7 Å². The molecule has 29 heavy (non-hydrogen) atoms. The van der Waals surface area contributed by atoms with Gasteiger partial charge in [-0.1, -0.05) is 36.4 Å². The van der Waals surface area contributed by atoms with E-state index in [1.165, 1.54) is 11.1 Å². The first-order valence-electron chi connectivity index (χ1n) is 9.87. The first-order valence-corrected chi connectivity index (χ1v) is 9.87. The highest BCUT2D eigenvalue weighted by atomic mass is 35.5. The number of nitrogen functional groups attached to an aromatic ring is 1. The Hall–Kier alpha value is -1.95. The van der Waals surface area contributed by atoms with Crippen molar-refractivity contribution in [2.45, 2.75) is 19.4 Å². The topological polar surface area (TPSA) is 52.8 Å². The predicted octanol–water partition coefficient (Wildman–Crippen LogP) is 3.21. The lowest BCUT2D eigenvalue weighted by Gasteiger charge is -2.37. The van der Waals surface area contributed by atoms with Crippen molar-refractivity contribution in [2.24, 2.45) is 0 Å². The molecule has 1 fully saturated rings. The lowest BCUT2D eigenvalue weighted by molar-refractivity contribution is -0.131. The van der Waals surface area contributed by atoms with Crippen LogP contribution >= 0.6 is 24.8 Å². The molecule has 0 aromatic heterocycles. The van der Waals surface area contributed by atoms with E-state index in [1.54, 1.807) is 0 Å². The van der Waals surface area contributed by atoms with Crippen molar-refractivity contribution < 1.29 is 4.79 Å². The number of carbonyl (C=O) groups excluding carboxylic acids is 1. The highest BCUT2D eigenvalue weighted by Crippen LogP contribution is 2.31. The number of hydrogen-bond donors (Lipinski definition) is 1. The molecular formula is C22H30Cl2N4O. The number of rotatable bonds is 4. The number of anilines is 2. The predicted molar refractivity (Wildman–Crippen MR) is 124 cm³/mol. The summed E-state index contributed by atoms with van der Waals surface area (Å²) in [5.74, 6) is 0.227. The van der Waals surface area contributed by atoms with E-state index in [9.17, 15) is 4.79 Å². The molecule has 0 radical (unpaired) electrons. The van der Waals surface area contributed by atoms with Gasteiger partial charge in [0.05, 0.1) is 6.54 Å². The molecule has 2 aromatic rings. The Morgan fingerprint density at radius 1 is 0.897 bits per heavy atom. The fourth-order valence-corrected chi connectivity index (χ4v) is 4.15. The SMILES string of the molecule is Cl.Cl.Nc1cccc2c1CCCN2CC(=O)N1CCN(Cc2ccccc2)CC1. The summed E-state index contributed by atoms with van der Waals surface area (Å²) in [6.45, 7) is 5.83. The Labute approximate surface area is 185 Å². The van der Waals surface area contributed by atoms with Crippen LogP contribution in [0, 0.1) is 0 Å². The van der Waals surface area contributed by atoms with Gasteiger partial charge in [-0.25, -0.2) is 0 Å². The minimum absolute atomic E-state index is 0. The maximum atomic E-state index is 12.9. The molecule has 0 atom stereocenters. The van der Waals surface area contributed by atoms with E-state index < -0.39 is 0 Å². The molecule has 2 heterocycles. The third-order valence-corrected chi connectivity index (χ3v) is 5.68. The van der Waals surface area contributed by atoms with Crippen LogP contribution in [0.1, 0.15) is 17.5 Å². The van der Waals surface area contributed by atoms with Gasteiger partial charge < -0.3 is 15.5 Å². The van der Waals surface area contributed by atoms with Gasteiger partial charge >= 0.3 is 0 Å². The fraction of sp³-hybridized carbons (Fsp3) is 0.409. The van der Waals surface area contributed by atoms with Gasteiger partial charge in [-0.05, 0) is 36.1 Å². The Kier molecular flexibility index (Phi) is 8.62. The zero-order valence-corrected chi connectivity index (χ0v) is 18.3. The minimum atomic E-state index is 0. The molecule has 0 bridgehead atoms. The van der Waals surface area contributed by atoms with Crippen LogP contribution in [-0.2, 0) is 17.8 Å². The summed E-state index contributed by atoms with van der Waals surface area (Å²) in [6.07, 6.45) is 2.06. The number of carbonyl (C=O) groups is 1. The molecule has 2 N–H and O–H groups in total. The summed E-state index contributed by atoms with van der Waals surface area (Å²) in [4.78, 5) is 19.5. The van der Waals surface area contributed by atoms with Crippen LogP contribution in [0.15, 0.2) is 48.5 Å². The minimum Gasteiger partial charge on any atom is -0.398 e. The van der Waals surface area contributed by atoms with Crippen LogP contribution in [0.2, 0.25) is 0 Å². The van der Waals surface area contributed by atoms with E-state index in [4.69, 9.17) is 5.73 Å². The summed E-state index contributed by atoms with van der Waals surface area (Å²) in [5, 5.41) is 0. The number of benzene rings is 2. The molecule has 158 valence electrons. The summed E-state index contributed by atoms with van der Waals surface area (Å²) in [5.41, 5.74) is 10.6. The van der Waals surface area contributed by atoms with E-state index in [1.807, 2.05) is 23.1 Å². The molecule has 0 aliphatic carbocycles. The van der Waals surface area contributed by atoms with Crippen LogP contribution in [-0.4, -0.2) is 55.0 Å². The molecule has 1 saturated heterocycles. The molecule has 2 aromatic carbocycles. The number of fused-ring (bicyclic) bond motifs is 1. The Balaban J connectivity index is 0.00000150. The average molecular weight is 437 g/mol. The number of amides is 1. The standard InChI is InChI=1S/C22H28N4O.2ClH/c23-20-9-4-10-21-19(20)8-5-11-26(21)17-22(27)25-14-12-24(13-15-25)16-18-6-2-1-3-7-18;;/h1-4,6-7,9-10H,5,8,11-17,23H2;2*1H. The van der Waals surface area contributed by atoms with Crippen molar-refractivity contribution in [2.75, 3.05) is 49.9 Å². The average Bonchev–Trinajstić information content (AvgIpc) is 2.70. The number of hydrogen-bond acceptors (Lipinski definition) is 4. The van der Waals surface area contributed by atoms with Crippen LogP contribution in [0.3, 0.4) is 0 Å². The third kappa shape index (κ3) is 5.56. The number of halogens is 2. The smallest absolute Gasteiger partial charge is 0.242 e. The molecule has 4 rings (SSSR count). The Morgan fingerprint density at radius 2 is 1.62 bits per heavy atom. The second-order valence-corrected chi connectivity index (χ2v) is 7.51. The van der Waals surface area contributed by atoms with Gasteiger partial charge in [0.2, 0.25) is 5.91 Å². The molecule has 0 saturated carbocycles. The van der Waals surface area contributed by atoms with Crippen molar-refractivity contribution in [3.8, 4) is 0 Å². The molecular weight excluding hydrogens is 407 g/mol. The van der Waals surface area contributed by atoms with Crippen LogP contribution in [0.4, 0.5) is 11.4 Å². The molecule has 2 aliphatic heterocycles. The Bertz CT molecular complexity index is 795. The van der Waals surface area contributed by atoms with E-state index in [0.29, 0.717) is 6.54 Å². The third-order valence-electron chi connectivity index (χ3n) is 5.68. The molecule has 7 heteroatoms. The van der Waals surface area contributed by atoms with E-state index >= 15 is 0 Å². The van der Waals surface area contributed by atoms with Crippen LogP contribution in [0.5, 0.6) is 0 Å². The molecule has 0 unspecified atom stereocenters. The first-order chi connectivity index (χ1) is 13.2. The second kappa shape index (κ2) is 10.7. The first kappa shape index (κ1) is 23.3. The lowest BCUT2D eigenvalue weighted by Crippen LogP contribution is -2.51. The number of nitrogens with zero attached hydrogens (tertiary/aromatic N) is 3. The Morgan fingerprint density at radius 3 is 2.34 bits per heavy atom. The highest BCUT2D eigenvalue weighted by Gasteiger charge is 2.25. The van der Waals surface area contributed by atoms with Gasteiger partial charge in [0.1, 0.15) is 0 Å². The van der Waals surface area contributed by atoms with Gasteiger partial charge in [0, 0.05) is 50.6 Å². The number of piperazine rings is 1. The van der Waals surface area contributed by atoms with Crippen LogP contribution in [0.25, 0.3) is 0 Å². The van der Waals surface area contributed by atoms with Crippen molar-refractivity contribution in [1.29, 1.82) is 0 Å². The molecule has 0 spiro atoms. The molecule has 2 aliphatic rings. The molecule has 1 amide bonds. The normalized spacial score (nSPS) is 16.4. The monoisotopic (exact) mass is 436 g/mol. The van der Waals surface area contributed by atoms with Gasteiger partial charge in [-0.15, -0.1) is 24.8 Å². The molecule has 5 nitrogen and oxygen atoms in total. The van der Waals surface area contributed by atoms with Crippen molar-refractivity contribution in [3.63, 3.8) is 0 Å². The second-order valence-electron chi connectivity index (χ2n) is 7.51. The van der Waals surface area contributed by atoms with Gasteiger partial charge in [-0.2, -0.15) is 0 Å². The highest BCUT2D eigenvalue weighted by molar-refractivity contribution is 5.85. The van der Waals surface area contributed by atoms with E-state index in [-0.39, 0.29) is 30.7 Å².